The number of rotatable bonds is 3. The third-order valence-electron chi connectivity index (χ3n) is 7.59. The molecule has 7 nitrogen and oxygen atoms in total. The Morgan fingerprint density at radius 2 is 1.80 bits per heavy atom. The van der Waals surface area contributed by atoms with Crippen LogP contribution in [0.15, 0.2) is 35.7 Å². The Bertz CT molecular complexity index is 1300. The van der Waals surface area contributed by atoms with E-state index < -0.39 is 0 Å². The Morgan fingerprint density at radius 3 is 2.49 bits per heavy atom. The van der Waals surface area contributed by atoms with Crippen LogP contribution in [0.5, 0.6) is 0 Å². The van der Waals surface area contributed by atoms with E-state index in [1.54, 1.807) is 0 Å². The van der Waals surface area contributed by atoms with E-state index in [9.17, 15) is 9.59 Å². The summed E-state index contributed by atoms with van der Waals surface area (Å²) in [4.78, 5) is 30.2. The Kier molecular flexibility index (Phi) is 6.31. The quantitative estimate of drug-likeness (QED) is 0.408. The van der Waals surface area contributed by atoms with Gasteiger partial charge in [-0.3, -0.25) is 4.79 Å². The Labute approximate surface area is 214 Å². The minimum atomic E-state index is -0.352. The van der Waals surface area contributed by atoms with Gasteiger partial charge in [0.2, 0.25) is 0 Å². The molecule has 2 aliphatic heterocycles. The number of anilines is 1. The summed E-state index contributed by atoms with van der Waals surface area (Å²) in [7, 11) is 3.35. The molecule has 35 heavy (non-hydrogen) atoms. The predicted molar refractivity (Wildman–Crippen MR) is 143 cm³/mol. The number of benzene rings is 1. The van der Waals surface area contributed by atoms with Crippen molar-refractivity contribution in [3.63, 3.8) is 0 Å². The van der Waals surface area contributed by atoms with Crippen molar-refractivity contribution < 1.29 is 14.3 Å². The summed E-state index contributed by atoms with van der Waals surface area (Å²) in [6.07, 6.45) is 2.98. The number of likely N-dealkylation sites (tertiary alicyclic amines) is 2. The van der Waals surface area contributed by atoms with Gasteiger partial charge in [-0.15, -0.1) is 11.3 Å². The van der Waals surface area contributed by atoms with Crippen LogP contribution >= 0.6 is 23.6 Å². The van der Waals surface area contributed by atoms with Gasteiger partial charge in [0.25, 0.3) is 5.91 Å². The number of hydrogen-bond donors (Lipinski definition) is 1. The molecule has 0 unspecified atom stereocenters. The number of carbonyl (C=O) groups excluding carboxylic acids is 2. The SMILES string of the molecule is COC(=O)c1scc(C)c1NC(=S)N1CCC2(CCN(C(=O)c3cc4ccccc4n3C)CC2)C1. The molecule has 1 aromatic carbocycles. The van der Waals surface area contributed by atoms with Gasteiger partial charge >= 0.3 is 5.97 Å². The second kappa shape index (κ2) is 9.28. The molecule has 184 valence electrons. The average molecular weight is 511 g/mol. The Hall–Kier alpha value is -2.91. The lowest BCUT2D eigenvalue weighted by molar-refractivity contribution is 0.0586. The predicted octanol–water partition coefficient (Wildman–Crippen LogP) is 4.66. The third-order valence-corrected chi connectivity index (χ3v) is 9.02. The number of carbonyl (C=O) groups is 2. The summed E-state index contributed by atoms with van der Waals surface area (Å²) in [5, 5.41) is 6.97. The largest absolute Gasteiger partial charge is 0.465 e. The molecule has 0 saturated carbocycles. The van der Waals surface area contributed by atoms with Gasteiger partial charge in [0.1, 0.15) is 10.6 Å². The highest BCUT2D eigenvalue weighted by Crippen LogP contribution is 2.41. The highest BCUT2D eigenvalue weighted by atomic mass is 32.1. The number of fused-ring (bicyclic) bond motifs is 1. The first-order valence-corrected chi connectivity index (χ1v) is 13.2. The number of amides is 1. The molecule has 2 aliphatic rings. The summed E-state index contributed by atoms with van der Waals surface area (Å²) < 4.78 is 6.91. The molecular formula is C26H30N4O3S2. The molecule has 9 heteroatoms. The van der Waals surface area contributed by atoms with Gasteiger partial charge in [-0.25, -0.2) is 4.79 Å². The summed E-state index contributed by atoms with van der Waals surface area (Å²) >= 11 is 7.09. The van der Waals surface area contributed by atoms with E-state index in [1.807, 2.05) is 59.2 Å². The summed E-state index contributed by atoms with van der Waals surface area (Å²) in [6.45, 7) is 5.21. The van der Waals surface area contributed by atoms with E-state index in [0.29, 0.717) is 9.99 Å². The molecular weight excluding hydrogens is 480 g/mol. The number of aromatic nitrogens is 1. The van der Waals surface area contributed by atoms with E-state index in [0.717, 1.165) is 73.3 Å². The first kappa shape index (κ1) is 23.8. The monoisotopic (exact) mass is 510 g/mol. The van der Waals surface area contributed by atoms with Crippen molar-refractivity contribution in [1.82, 2.24) is 14.4 Å². The first-order chi connectivity index (χ1) is 16.8. The van der Waals surface area contributed by atoms with E-state index in [4.69, 9.17) is 17.0 Å². The fourth-order valence-corrected chi connectivity index (χ4v) is 6.57. The molecule has 0 bridgehead atoms. The number of thiophene rings is 1. The number of ether oxygens (including phenoxy) is 1. The number of methoxy groups -OCH3 is 1. The van der Waals surface area contributed by atoms with Crippen LogP contribution in [0.2, 0.25) is 0 Å². The van der Waals surface area contributed by atoms with Crippen molar-refractivity contribution >= 4 is 57.1 Å². The number of hydrogen-bond acceptors (Lipinski definition) is 5. The van der Waals surface area contributed by atoms with Gasteiger partial charge in [-0.1, -0.05) is 18.2 Å². The smallest absolute Gasteiger partial charge is 0.350 e. The van der Waals surface area contributed by atoms with Crippen LogP contribution < -0.4 is 5.32 Å². The second-order valence-electron chi connectivity index (χ2n) is 9.66. The molecule has 2 fully saturated rings. The maximum atomic E-state index is 13.3. The van der Waals surface area contributed by atoms with Crippen LogP contribution in [0.3, 0.4) is 0 Å². The Morgan fingerprint density at radius 1 is 1.11 bits per heavy atom. The summed E-state index contributed by atoms with van der Waals surface area (Å²) in [5.74, 6) is -0.247. The zero-order valence-electron chi connectivity index (χ0n) is 20.3. The van der Waals surface area contributed by atoms with E-state index in [-0.39, 0.29) is 17.3 Å². The van der Waals surface area contributed by atoms with Crippen molar-refractivity contribution in [1.29, 1.82) is 0 Å². The molecule has 2 saturated heterocycles. The van der Waals surface area contributed by atoms with Crippen LogP contribution in [0.25, 0.3) is 10.9 Å². The van der Waals surface area contributed by atoms with Crippen LogP contribution in [0.1, 0.15) is 45.0 Å². The first-order valence-electron chi connectivity index (χ1n) is 11.9. The topological polar surface area (TPSA) is 66.8 Å². The Balaban J connectivity index is 1.22. The highest BCUT2D eigenvalue weighted by Gasteiger charge is 2.42. The van der Waals surface area contributed by atoms with Crippen molar-refractivity contribution in [2.24, 2.45) is 12.5 Å². The number of nitrogens with zero attached hydrogens (tertiary/aromatic N) is 3. The van der Waals surface area contributed by atoms with Crippen LogP contribution in [0, 0.1) is 12.3 Å². The fraction of sp³-hybridized carbons (Fsp3) is 0.423. The maximum Gasteiger partial charge on any atom is 0.350 e. The highest BCUT2D eigenvalue weighted by molar-refractivity contribution is 7.80. The number of piperidine rings is 1. The summed E-state index contributed by atoms with van der Waals surface area (Å²) in [5.41, 5.74) is 3.70. The number of aryl methyl sites for hydroxylation is 2. The normalized spacial score (nSPS) is 17.2. The summed E-state index contributed by atoms with van der Waals surface area (Å²) in [6, 6.07) is 10.1. The lowest BCUT2D eigenvalue weighted by atomic mass is 9.77. The van der Waals surface area contributed by atoms with Crippen molar-refractivity contribution in [2.45, 2.75) is 26.2 Å². The van der Waals surface area contributed by atoms with Crippen LogP contribution in [-0.4, -0.2) is 64.6 Å². The number of thiocarbonyl (C=S) groups is 1. The second-order valence-corrected chi connectivity index (χ2v) is 10.9. The van der Waals surface area contributed by atoms with Crippen LogP contribution in [-0.2, 0) is 11.8 Å². The number of esters is 1. The van der Waals surface area contributed by atoms with Crippen LogP contribution in [0.4, 0.5) is 5.69 Å². The third kappa shape index (κ3) is 4.31. The lowest BCUT2D eigenvalue weighted by Crippen LogP contribution is -2.45. The number of nitrogens with one attached hydrogen (secondary N) is 1. The van der Waals surface area contributed by atoms with E-state index in [1.165, 1.54) is 18.4 Å². The molecule has 4 heterocycles. The van der Waals surface area contributed by atoms with Crippen molar-refractivity contribution in [3.05, 3.63) is 51.8 Å². The molecule has 1 spiro atoms. The van der Waals surface area contributed by atoms with E-state index in [2.05, 4.69) is 10.2 Å². The molecule has 5 rings (SSSR count). The van der Waals surface area contributed by atoms with Gasteiger partial charge in [-0.2, -0.15) is 0 Å². The standard InChI is InChI=1S/C26H30N4O3S2/c1-17-15-35-22(24(32)33-3)21(17)27-25(34)30-13-10-26(16-30)8-11-29(12-9-26)23(31)20-14-18-6-4-5-7-19(18)28(20)2/h4-7,14-15H,8-13,16H2,1-3H3,(H,27,34). The minimum Gasteiger partial charge on any atom is -0.465 e. The zero-order chi connectivity index (χ0) is 24.7. The maximum absolute atomic E-state index is 13.3. The molecule has 0 radical (unpaired) electrons. The van der Waals surface area contributed by atoms with Crippen molar-refractivity contribution in [3.8, 4) is 0 Å². The van der Waals surface area contributed by atoms with Gasteiger partial charge in [0.15, 0.2) is 5.11 Å². The fourth-order valence-electron chi connectivity index (χ4n) is 5.39. The van der Waals surface area contributed by atoms with Gasteiger partial charge in [0, 0.05) is 44.1 Å². The molecule has 1 N–H and O–H groups in total. The molecule has 0 atom stereocenters. The van der Waals surface area contributed by atoms with Gasteiger partial charge < -0.3 is 24.4 Å². The molecule has 1 amide bonds. The molecule has 0 aliphatic carbocycles. The zero-order valence-corrected chi connectivity index (χ0v) is 21.9. The van der Waals surface area contributed by atoms with Gasteiger partial charge in [0.05, 0.1) is 12.8 Å². The minimum absolute atomic E-state index is 0.105. The van der Waals surface area contributed by atoms with Crippen molar-refractivity contribution in [2.75, 3.05) is 38.6 Å². The lowest BCUT2D eigenvalue weighted by Gasteiger charge is -2.39. The van der Waals surface area contributed by atoms with E-state index >= 15 is 0 Å². The number of para-hydroxylation sites is 1. The molecule has 2 aromatic heterocycles. The van der Waals surface area contributed by atoms with Gasteiger partial charge in [-0.05, 0) is 66.9 Å². The average Bonchev–Trinajstić information content (AvgIpc) is 3.55. The molecule has 3 aromatic rings.